The molecule has 0 N–H and O–H groups in total. The molecule has 106 valence electrons. The van der Waals surface area contributed by atoms with Crippen LogP contribution in [0.25, 0.3) is 0 Å². The summed E-state index contributed by atoms with van der Waals surface area (Å²) >= 11 is 1.43. The molecule has 0 amide bonds. The molecule has 0 aliphatic carbocycles. The van der Waals surface area contributed by atoms with Gasteiger partial charge in [0.2, 0.25) is 0 Å². The summed E-state index contributed by atoms with van der Waals surface area (Å²) in [6.07, 6.45) is 0. The van der Waals surface area contributed by atoms with Gasteiger partial charge in [-0.05, 0) is 29.7 Å². The molecule has 21 heavy (non-hydrogen) atoms. The second kappa shape index (κ2) is 6.42. The zero-order valence-corrected chi connectivity index (χ0v) is 12.6. The Hall–Kier alpha value is -2.32. The van der Waals surface area contributed by atoms with E-state index in [0.717, 1.165) is 9.79 Å². The van der Waals surface area contributed by atoms with Crippen molar-refractivity contribution in [1.82, 2.24) is 0 Å². The highest BCUT2D eigenvalue weighted by Gasteiger charge is 2.11. The highest BCUT2D eigenvalue weighted by molar-refractivity contribution is 7.99. The van der Waals surface area contributed by atoms with E-state index < -0.39 is 4.92 Å². The van der Waals surface area contributed by atoms with Crippen molar-refractivity contribution in [3.8, 4) is 6.07 Å². The Morgan fingerprint density at radius 3 is 2.38 bits per heavy atom. The second-order valence-electron chi connectivity index (χ2n) is 4.88. The molecule has 0 heterocycles. The summed E-state index contributed by atoms with van der Waals surface area (Å²) in [6, 6.07) is 14.5. The molecule has 5 heteroatoms. The minimum Gasteiger partial charge on any atom is -0.258 e. The lowest BCUT2D eigenvalue weighted by molar-refractivity contribution is -0.384. The van der Waals surface area contributed by atoms with Crippen molar-refractivity contribution in [2.24, 2.45) is 0 Å². The van der Waals surface area contributed by atoms with Crippen molar-refractivity contribution in [2.45, 2.75) is 29.6 Å². The molecule has 0 radical (unpaired) electrons. The minimum absolute atomic E-state index is 0.0638. The van der Waals surface area contributed by atoms with Crippen LogP contribution in [0, 0.1) is 21.4 Å². The molecule has 2 aromatic rings. The van der Waals surface area contributed by atoms with E-state index in [2.05, 4.69) is 26.0 Å². The van der Waals surface area contributed by atoms with E-state index in [4.69, 9.17) is 5.26 Å². The lowest BCUT2D eigenvalue weighted by Crippen LogP contribution is -1.90. The van der Waals surface area contributed by atoms with Gasteiger partial charge in [0.25, 0.3) is 5.69 Å². The molecule has 0 atom stereocenters. The maximum atomic E-state index is 10.7. The van der Waals surface area contributed by atoms with Crippen molar-refractivity contribution >= 4 is 17.4 Å². The summed E-state index contributed by atoms with van der Waals surface area (Å²) in [5.74, 6) is 0.470. The van der Waals surface area contributed by atoms with Gasteiger partial charge >= 0.3 is 0 Å². The summed E-state index contributed by atoms with van der Waals surface area (Å²) < 4.78 is 0. The summed E-state index contributed by atoms with van der Waals surface area (Å²) in [5, 5.41) is 19.9. The van der Waals surface area contributed by atoms with Crippen LogP contribution in [0.4, 0.5) is 5.69 Å². The Labute approximate surface area is 127 Å². The molecule has 0 unspecified atom stereocenters. The van der Waals surface area contributed by atoms with Gasteiger partial charge < -0.3 is 0 Å². The third kappa shape index (κ3) is 3.61. The van der Waals surface area contributed by atoms with Crippen LogP contribution in [0.1, 0.15) is 30.9 Å². The quantitative estimate of drug-likeness (QED) is 0.604. The van der Waals surface area contributed by atoms with Crippen LogP contribution >= 0.6 is 11.8 Å². The van der Waals surface area contributed by atoms with E-state index in [0.29, 0.717) is 11.5 Å². The number of nitrogens with zero attached hydrogens (tertiary/aromatic N) is 2. The Morgan fingerprint density at radius 1 is 1.19 bits per heavy atom. The zero-order chi connectivity index (χ0) is 15.4. The smallest absolute Gasteiger partial charge is 0.258 e. The highest BCUT2D eigenvalue weighted by Crippen LogP contribution is 2.32. The number of nitro groups is 1. The van der Waals surface area contributed by atoms with Gasteiger partial charge in [0, 0.05) is 21.9 Å². The standard InChI is InChI=1S/C16H14N2O2S/c1-11(2)12-3-6-15(7-4-12)21-16-8-5-14(18(19)20)9-13(16)10-17/h3-9,11H,1-2H3. The average Bonchev–Trinajstić information content (AvgIpc) is 2.48. The van der Waals surface area contributed by atoms with Gasteiger partial charge in [-0.2, -0.15) is 5.26 Å². The Balaban J connectivity index is 2.27. The third-order valence-electron chi connectivity index (χ3n) is 3.07. The fourth-order valence-electron chi connectivity index (χ4n) is 1.86. The first kappa shape index (κ1) is 15.1. The summed E-state index contributed by atoms with van der Waals surface area (Å²) in [6.45, 7) is 4.26. The van der Waals surface area contributed by atoms with Crippen LogP contribution in [0.3, 0.4) is 0 Å². The molecule has 0 aliphatic heterocycles. The van der Waals surface area contributed by atoms with Gasteiger partial charge in [0.05, 0.1) is 10.5 Å². The van der Waals surface area contributed by atoms with Crippen LogP contribution in [0.2, 0.25) is 0 Å². The summed E-state index contributed by atoms with van der Waals surface area (Å²) in [4.78, 5) is 12.0. The third-order valence-corrected chi connectivity index (χ3v) is 4.15. The predicted molar refractivity (Wildman–Crippen MR) is 82.5 cm³/mol. The molecule has 0 spiro atoms. The molecule has 2 aromatic carbocycles. The SMILES string of the molecule is CC(C)c1ccc(Sc2ccc([N+](=O)[O-])cc2C#N)cc1. The van der Waals surface area contributed by atoms with Crippen molar-refractivity contribution < 1.29 is 4.92 Å². The molecular formula is C16H14N2O2S. The number of nitriles is 1. The molecule has 4 nitrogen and oxygen atoms in total. The molecule has 0 aromatic heterocycles. The Morgan fingerprint density at radius 2 is 1.86 bits per heavy atom. The number of rotatable bonds is 4. The van der Waals surface area contributed by atoms with Crippen molar-refractivity contribution in [3.05, 3.63) is 63.7 Å². The largest absolute Gasteiger partial charge is 0.270 e. The molecule has 0 saturated heterocycles. The number of hydrogen-bond donors (Lipinski definition) is 0. The van der Waals surface area contributed by atoms with Gasteiger partial charge in [-0.15, -0.1) is 0 Å². The highest BCUT2D eigenvalue weighted by atomic mass is 32.2. The summed E-state index contributed by atoms with van der Waals surface area (Å²) in [5.41, 5.74) is 1.51. The van der Waals surface area contributed by atoms with E-state index in [1.54, 1.807) is 6.07 Å². The van der Waals surface area contributed by atoms with Crippen molar-refractivity contribution in [3.63, 3.8) is 0 Å². The van der Waals surface area contributed by atoms with Gasteiger partial charge in [-0.1, -0.05) is 37.7 Å². The maximum absolute atomic E-state index is 10.7. The zero-order valence-electron chi connectivity index (χ0n) is 11.7. The summed E-state index contributed by atoms with van der Waals surface area (Å²) in [7, 11) is 0. The normalized spacial score (nSPS) is 10.4. The Kier molecular flexibility index (Phi) is 4.61. The van der Waals surface area contributed by atoms with Gasteiger partial charge in [-0.3, -0.25) is 10.1 Å². The van der Waals surface area contributed by atoms with Gasteiger partial charge in [-0.25, -0.2) is 0 Å². The number of nitro benzene ring substituents is 1. The van der Waals surface area contributed by atoms with E-state index in [1.165, 1.54) is 29.5 Å². The van der Waals surface area contributed by atoms with E-state index in [-0.39, 0.29) is 5.69 Å². The molecule has 0 fully saturated rings. The number of non-ortho nitro benzene ring substituents is 1. The maximum Gasteiger partial charge on any atom is 0.270 e. The van der Waals surface area contributed by atoms with Crippen LogP contribution in [-0.2, 0) is 0 Å². The van der Waals surface area contributed by atoms with Crippen LogP contribution in [0.15, 0.2) is 52.3 Å². The first-order valence-corrected chi connectivity index (χ1v) is 7.29. The molecule has 0 bridgehead atoms. The van der Waals surface area contributed by atoms with Gasteiger partial charge in [0.15, 0.2) is 0 Å². The molecule has 0 saturated carbocycles. The topological polar surface area (TPSA) is 66.9 Å². The Bertz CT molecular complexity index is 703. The minimum atomic E-state index is -0.493. The van der Waals surface area contributed by atoms with Crippen LogP contribution in [-0.4, -0.2) is 4.92 Å². The lowest BCUT2D eigenvalue weighted by atomic mass is 10.0. The first-order valence-electron chi connectivity index (χ1n) is 6.47. The second-order valence-corrected chi connectivity index (χ2v) is 5.99. The monoisotopic (exact) mass is 298 g/mol. The number of hydrogen-bond acceptors (Lipinski definition) is 4. The average molecular weight is 298 g/mol. The first-order chi connectivity index (χ1) is 10.0. The van der Waals surface area contributed by atoms with Crippen molar-refractivity contribution in [1.29, 1.82) is 5.26 Å². The van der Waals surface area contributed by atoms with E-state index >= 15 is 0 Å². The van der Waals surface area contributed by atoms with E-state index in [1.807, 2.05) is 18.2 Å². The van der Waals surface area contributed by atoms with Crippen LogP contribution in [0.5, 0.6) is 0 Å². The predicted octanol–water partition coefficient (Wildman–Crippen LogP) is 4.74. The fourth-order valence-corrected chi connectivity index (χ4v) is 2.73. The van der Waals surface area contributed by atoms with Gasteiger partial charge in [0.1, 0.15) is 6.07 Å². The number of benzene rings is 2. The molecule has 0 aliphatic rings. The lowest BCUT2D eigenvalue weighted by Gasteiger charge is -2.07. The van der Waals surface area contributed by atoms with Crippen LogP contribution < -0.4 is 0 Å². The fraction of sp³-hybridized carbons (Fsp3) is 0.188. The van der Waals surface area contributed by atoms with Crippen molar-refractivity contribution in [2.75, 3.05) is 0 Å². The molecule has 2 rings (SSSR count). The molecular weight excluding hydrogens is 284 g/mol. The van der Waals surface area contributed by atoms with E-state index in [9.17, 15) is 10.1 Å².